The summed E-state index contributed by atoms with van der Waals surface area (Å²) in [5.41, 5.74) is 1.13. The molecule has 3 aromatic rings. The number of nitrogens with one attached hydrogen (secondary N) is 1. The Kier molecular flexibility index (Phi) is 5.90. The molecule has 3 aromatic carbocycles. The summed E-state index contributed by atoms with van der Waals surface area (Å²) < 4.78 is 5.71. The molecule has 3 nitrogen and oxygen atoms in total. The molecule has 0 saturated heterocycles. The van der Waals surface area contributed by atoms with Gasteiger partial charge in [-0.05, 0) is 40.8 Å². The Morgan fingerprint density at radius 3 is 2.35 bits per heavy atom. The molecule has 0 unspecified atom stereocenters. The van der Waals surface area contributed by atoms with E-state index in [2.05, 4.69) is 37.4 Å². The Balaban J connectivity index is 1.62. The van der Waals surface area contributed by atoms with Crippen LogP contribution in [0.15, 0.2) is 72.8 Å². The van der Waals surface area contributed by atoms with Crippen LogP contribution in [0.3, 0.4) is 0 Å². The lowest BCUT2D eigenvalue weighted by atomic mass is 9.97. The van der Waals surface area contributed by atoms with Gasteiger partial charge in [0.1, 0.15) is 5.75 Å². The minimum absolute atomic E-state index is 0.00361. The van der Waals surface area contributed by atoms with Crippen molar-refractivity contribution in [3.63, 3.8) is 0 Å². The average Bonchev–Trinajstić information content (AvgIpc) is 2.66. The molecule has 0 aliphatic carbocycles. The standard InChI is InChI=1S/C23H25NO2/c1-17(2)14-22(19-9-4-3-5-10-19)24-23(25)16-26-21-13-12-18-8-6-7-11-20(18)15-21/h3-13,15,17,22H,14,16H2,1-2H3,(H,24,25)/t22-/m1/s1. The SMILES string of the molecule is CC(C)C[C@@H](NC(=O)COc1ccc2ccccc2c1)c1ccccc1. The second-order valence-corrected chi connectivity index (χ2v) is 6.96. The summed E-state index contributed by atoms with van der Waals surface area (Å²) in [6, 6.07) is 24.1. The molecule has 0 fully saturated rings. The molecule has 1 N–H and O–H groups in total. The number of carbonyl (C=O) groups excluding carboxylic acids is 1. The van der Waals surface area contributed by atoms with Crippen molar-refractivity contribution in [2.75, 3.05) is 6.61 Å². The van der Waals surface area contributed by atoms with E-state index < -0.39 is 0 Å². The van der Waals surface area contributed by atoms with E-state index in [0.717, 1.165) is 22.8 Å². The molecular formula is C23H25NO2. The van der Waals surface area contributed by atoms with Crippen molar-refractivity contribution in [2.45, 2.75) is 26.3 Å². The van der Waals surface area contributed by atoms with Gasteiger partial charge in [0.25, 0.3) is 5.91 Å². The molecule has 134 valence electrons. The normalized spacial score (nSPS) is 12.1. The maximum Gasteiger partial charge on any atom is 0.258 e. The van der Waals surface area contributed by atoms with Crippen LogP contribution in [0.5, 0.6) is 5.75 Å². The van der Waals surface area contributed by atoms with Gasteiger partial charge in [0, 0.05) is 0 Å². The van der Waals surface area contributed by atoms with Crippen LogP contribution in [-0.4, -0.2) is 12.5 Å². The fraction of sp³-hybridized carbons (Fsp3) is 0.261. The second kappa shape index (κ2) is 8.52. The van der Waals surface area contributed by atoms with Gasteiger partial charge in [-0.1, -0.05) is 74.5 Å². The van der Waals surface area contributed by atoms with Crippen molar-refractivity contribution in [3.05, 3.63) is 78.4 Å². The topological polar surface area (TPSA) is 38.3 Å². The summed E-state index contributed by atoms with van der Waals surface area (Å²) in [4.78, 5) is 12.4. The molecule has 0 bridgehead atoms. The highest BCUT2D eigenvalue weighted by molar-refractivity contribution is 5.84. The van der Waals surface area contributed by atoms with Crippen molar-refractivity contribution in [3.8, 4) is 5.75 Å². The van der Waals surface area contributed by atoms with Crippen LogP contribution in [0.4, 0.5) is 0 Å². The fourth-order valence-corrected chi connectivity index (χ4v) is 3.08. The van der Waals surface area contributed by atoms with Crippen LogP contribution in [-0.2, 0) is 4.79 Å². The van der Waals surface area contributed by atoms with E-state index in [-0.39, 0.29) is 18.6 Å². The molecule has 1 amide bonds. The number of rotatable bonds is 7. The second-order valence-electron chi connectivity index (χ2n) is 6.96. The van der Waals surface area contributed by atoms with Gasteiger partial charge in [0.05, 0.1) is 6.04 Å². The molecule has 0 heterocycles. The van der Waals surface area contributed by atoms with E-state index in [1.165, 1.54) is 0 Å². The minimum atomic E-state index is -0.104. The monoisotopic (exact) mass is 347 g/mol. The molecule has 3 heteroatoms. The smallest absolute Gasteiger partial charge is 0.258 e. The molecule has 0 aliphatic heterocycles. The number of amides is 1. The van der Waals surface area contributed by atoms with Crippen molar-refractivity contribution >= 4 is 16.7 Å². The third-order valence-corrected chi connectivity index (χ3v) is 4.34. The Labute approximate surface area is 155 Å². The van der Waals surface area contributed by atoms with E-state index in [1.807, 2.05) is 54.6 Å². The Morgan fingerprint density at radius 1 is 0.923 bits per heavy atom. The third kappa shape index (κ3) is 4.85. The summed E-state index contributed by atoms with van der Waals surface area (Å²) in [5, 5.41) is 5.37. The van der Waals surface area contributed by atoms with E-state index in [1.54, 1.807) is 0 Å². The molecule has 0 spiro atoms. The highest BCUT2D eigenvalue weighted by Gasteiger charge is 2.16. The van der Waals surface area contributed by atoms with Gasteiger partial charge in [-0.3, -0.25) is 4.79 Å². The third-order valence-electron chi connectivity index (χ3n) is 4.34. The molecule has 26 heavy (non-hydrogen) atoms. The van der Waals surface area contributed by atoms with Gasteiger partial charge in [-0.2, -0.15) is 0 Å². The van der Waals surface area contributed by atoms with Crippen LogP contribution in [0.2, 0.25) is 0 Å². The number of hydrogen-bond donors (Lipinski definition) is 1. The molecule has 0 aliphatic rings. The van der Waals surface area contributed by atoms with Crippen LogP contribution in [0, 0.1) is 5.92 Å². The first kappa shape index (κ1) is 18.0. The zero-order valence-corrected chi connectivity index (χ0v) is 15.3. The molecule has 0 radical (unpaired) electrons. The molecule has 1 atom stereocenters. The number of hydrogen-bond acceptors (Lipinski definition) is 2. The first-order chi connectivity index (χ1) is 12.6. The molecule has 0 aromatic heterocycles. The van der Waals surface area contributed by atoms with Crippen molar-refractivity contribution in [1.82, 2.24) is 5.32 Å². The summed E-state index contributed by atoms with van der Waals surface area (Å²) in [7, 11) is 0. The van der Waals surface area contributed by atoms with Crippen LogP contribution >= 0.6 is 0 Å². The van der Waals surface area contributed by atoms with E-state index >= 15 is 0 Å². The van der Waals surface area contributed by atoms with E-state index in [0.29, 0.717) is 11.7 Å². The number of carbonyl (C=O) groups is 1. The number of benzene rings is 3. The Bertz CT molecular complexity index is 858. The maximum absolute atomic E-state index is 12.4. The Morgan fingerprint density at radius 2 is 1.62 bits per heavy atom. The summed E-state index contributed by atoms with van der Waals surface area (Å²) >= 11 is 0. The van der Waals surface area contributed by atoms with Gasteiger partial charge >= 0.3 is 0 Å². The van der Waals surface area contributed by atoms with Crippen LogP contribution in [0.25, 0.3) is 10.8 Å². The van der Waals surface area contributed by atoms with Gasteiger partial charge in [0.2, 0.25) is 0 Å². The first-order valence-corrected chi connectivity index (χ1v) is 9.08. The lowest BCUT2D eigenvalue weighted by molar-refractivity contribution is -0.124. The average molecular weight is 347 g/mol. The summed E-state index contributed by atoms with van der Waals surface area (Å²) in [5.74, 6) is 1.09. The maximum atomic E-state index is 12.4. The molecule has 0 saturated carbocycles. The van der Waals surface area contributed by atoms with Gasteiger partial charge in [0.15, 0.2) is 6.61 Å². The molecule has 3 rings (SSSR count). The van der Waals surface area contributed by atoms with Crippen molar-refractivity contribution in [2.24, 2.45) is 5.92 Å². The lowest BCUT2D eigenvalue weighted by Crippen LogP contribution is -2.33. The van der Waals surface area contributed by atoms with Crippen molar-refractivity contribution in [1.29, 1.82) is 0 Å². The Hall–Kier alpha value is -2.81. The largest absolute Gasteiger partial charge is 0.484 e. The zero-order chi connectivity index (χ0) is 18.4. The van der Waals surface area contributed by atoms with Gasteiger partial charge in [-0.15, -0.1) is 0 Å². The summed E-state index contributed by atoms with van der Waals surface area (Å²) in [6.07, 6.45) is 0.895. The van der Waals surface area contributed by atoms with Gasteiger partial charge < -0.3 is 10.1 Å². The number of fused-ring (bicyclic) bond motifs is 1. The predicted octanol–water partition coefficient (Wildman–Crippen LogP) is 5.12. The zero-order valence-electron chi connectivity index (χ0n) is 15.3. The summed E-state index contributed by atoms with van der Waals surface area (Å²) in [6.45, 7) is 4.33. The van der Waals surface area contributed by atoms with E-state index in [4.69, 9.17) is 4.74 Å². The van der Waals surface area contributed by atoms with Crippen LogP contribution in [0.1, 0.15) is 31.9 Å². The molecular weight excluding hydrogens is 322 g/mol. The van der Waals surface area contributed by atoms with Crippen molar-refractivity contribution < 1.29 is 9.53 Å². The fourth-order valence-electron chi connectivity index (χ4n) is 3.08. The van der Waals surface area contributed by atoms with Gasteiger partial charge in [-0.25, -0.2) is 0 Å². The highest BCUT2D eigenvalue weighted by atomic mass is 16.5. The lowest BCUT2D eigenvalue weighted by Gasteiger charge is -2.21. The predicted molar refractivity (Wildman–Crippen MR) is 106 cm³/mol. The quantitative estimate of drug-likeness (QED) is 0.644. The number of ether oxygens (including phenoxy) is 1. The minimum Gasteiger partial charge on any atom is -0.484 e. The first-order valence-electron chi connectivity index (χ1n) is 9.08. The van der Waals surface area contributed by atoms with Crippen LogP contribution < -0.4 is 10.1 Å². The van der Waals surface area contributed by atoms with E-state index in [9.17, 15) is 4.79 Å². The highest BCUT2D eigenvalue weighted by Crippen LogP contribution is 2.22.